The Bertz CT molecular complexity index is 263. The van der Waals surface area contributed by atoms with Crippen LogP contribution in [0.25, 0.3) is 0 Å². The van der Waals surface area contributed by atoms with Gasteiger partial charge in [-0.3, -0.25) is 9.87 Å². The summed E-state index contributed by atoms with van der Waals surface area (Å²) in [7, 11) is -4.55. The van der Waals surface area contributed by atoms with Crippen molar-refractivity contribution in [2.24, 2.45) is 0 Å². The second-order valence-electron chi connectivity index (χ2n) is 3.18. The van der Waals surface area contributed by atoms with Crippen LogP contribution < -0.4 is 5.32 Å². The van der Waals surface area contributed by atoms with Gasteiger partial charge in [0.15, 0.2) is 5.44 Å². The van der Waals surface area contributed by atoms with Crippen LogP contribution >= 0.6 is 0 Å². The zero-order valence-corrected chi connectivity index (χ0v) is 9.18. The van der Waals surface area contributed by atoms with E-state index in [4.69, 9.17) is 14.8 Å². The number of aliphatic hydroxyl groups excluding tert-OH is 3. The zero-order chi connectivity index (χ0) is 12.1. The van der Waals surface area contributed by atoms with Crippen molar-refractivity contribution in [3.8, 4) is 0 Å². The first-order valence-corrected chi connectivity index (χ1v) is 6.00. The van der Waals surface area contributed by atoms with Crippen LogP contribution in [0.15, 0.2) is 0 Å². The van der Waals surface area contributed by atoms with E-state index < -0.39 is 28.2 Å². The number of hydrogen-bond donors (Lipinski definition) is 5. The summed E-state index contributed by atoms with van der Waals surface area (Å²) in [6, 6.07) is -0.381. The standard InChI is InChI=1S/C7H17NO6S/c1-2-5(4-9)8-6(10)3-7(11)15(12,13)14/h5-11H,2-4H2,1H3,(H,12,13,14). The third-order valence-electron chi connectivity index (χ3n) is 1.91. The van der Waals surface area contributed by atoms with Gasteiger partial charge in [-0.25, -0.2) is 0 Å². The minimum absolute atomic E-state index is 0.213. The van der Waals surface area contributed by atoms with Crippen molar-refractivity contribution in [2.75, 3.05) is 6.61 Å². The predicted octanol–water partition coefficient (Wildman–Crippen LogP) is -1.74. The highest BCUT2D eigenvalue weighted by molar-refractivity contribution is 7.86. The maximum atomic E-state index is 10.4. The van der Waals surface area contributed by atoms with Crippen molar-refractivity contribution in [2.45, 2.75) is 37.5 Å². The molecule has 0 aromatic heterocycles. The molecule has 0 heterocycles. The van der Waals surface area contributed by atoms with E-state index >= 15 is 0 Å². The maximum Gasteiger partial charge on any atom is 0.292 e. The first kappa shape index (κ1) is 14.8. The van der Waals surface area contributed by atoms with Crippen molar-refractivity contribution in [1.82, 2.24) is 5.32 Å². The molecule has 0 aliphatic carbocycles. The molecule has 0 amide bonds. The van der Waals surface area contributed by atoms with Crippen molar-refractivity contribution < 1.29 is 28.3 Å². The van der Waals surface area contributed by atoms with Gasteiger partial charge in [0.25, 0.3) is 10.1 Å². The Morgan fingerprint density at radius 3 is 2.20 bits per heavy atom. The molecular formula is C7H17NO6S. The lowest BCUT2D eigenvalue weighted by Crippen LogP contribution is -2.42. The molecule has 5 N–H and O–H groups in total. The summed E-state index contributed by atoms with van der Waals surface area (Å²) in [4.78, 5) is 0. The van der Waals surface area contributed by atoms with E-state index in [1.807, 2.05) is 0 Å². The molecule has 92 valence electrons. The summed E-state index contributed by atoms with van der Waals surface area (Å²) in [5.74, 6) is 0. The van der Waals surface area contributed by atoms with Crippen LogP contribution in [-0.2, 0) is 10.1 Å². The van der Waals surface area contributed by atoms with Gasteiger partial charge in [-0.2, -0.15) is 8.42 Å². The van der Waals surface area contributed by atoms with Crippen molar-refractivity contribution >= 4 is 10.1 Å². The van der Waals surface area contributed by atoms with Gasteiger partial charge in [0.1, 0.15) is 6.23 Å². The summed E-state index contributed by atoms with van der Waals surface area (Å²) in [6.45, 7) is 1.55. The van der Waals surface area contributed by atoms with E-state index in [9.17, 15) is 13.5 Å². The second-order valence-corrected chi connectivity index (χ2v) is 4.75. The zero-order valence-electron chi connectivity index (χ0n) is 8.37. The SMILES string of the molecule is CCC(CO)NC(O)CC(O)S(=O)(=O)O. The summed E-state index contributed by atoms with van der Waals surface area (Å²) < 4.78 is 29.2. The Hall–Kier alpha value is -0.250. The van der Waals surface area contributed by atoms with E-state index in [0.29, 0.717) is 6.42 Å². The molecule has 15 heavy (non-hydrogen) atoms. The number of rotatable bonds is 7. The third kappa shape index (κ3) is 6.03. The van der Waals surface area contributed by atoms with Gasteiger partial charge < -0.3 is 15.3 Å². The lowest BCUT2D eigenvalue weighted by Gasteiger charge is -2.20. The summed E-state index contributed by atoms with van der Waals surface area (Å²) in [5, 5.41) is 29.4. The number of aliphatic hydroxyl groups is 3. The third-order valence-corrected chi connectivity index (χ3v) is 2.79. The summed E-state index contributed by atoms with van der Waals surface area (Å²) in [5.41, 5.74) is -2.03. The lowest BCUT2D eigenvalue weighted by atomic mass is 10.2. The Morgan fingerprint density at radius 1 is 1.33 bits per heavy atom. The van der Waals surface area contributed by atoms with Crippen molar-refractivity contribution in [3.05, 3.63) is 0 Å². The predicted molar refractivity (Wildman–Crippen MR) is 52.5 cm³/mol. The lowest BCUT2D eigenvalue weighted by molar-refractivity contribution is 0.0654. The van der Waals surface area contributed by atoms with E-state index in [0.717, 1.165) is 0 Å². The van der Waals surface area contributed by atoms with Crippen LogP contribution in [0.1, 0.15) is 19.8 Å². The van der Waals surface area contributed by atoms with E-state index in [1.54, 1.807) is 6.92 Å². The van der Waals surface area contributed by atoms with Gasteiger partial charge in [0, 0.05) is 12.5 Å². The van der Waals surface area contributed by atoms with Crippen molar-refractivity contribution in [1.29, 1.82) is 0 Å². The van der Waals surface area contributed by atoms with Crippen LogP contribution in [-0.4, -0.2) is 52.6 Å². The van der Waals surface area contributed by atoms with Crippen LogP contribution in [0.3, 0.4) is 0 Å². The first-order chi connectivity index (χ1) is 6.81. The van der Waals surface area contributed by atoms with Gasteiger partial charge >= 0.3 is 0 Å². The number of nitrogens with one attached hydrogen (secondary N) is 1. The van der Waals surface area contributed by atoms with Gasteiger partial charge in [0.2, 0.25) is 0 Å². The quantitative estimate of drug-likeness (QED) is 0.265. The number of hydrogen-bond acceptors (Lipinski definition) is 6. The molecule has 8 heteroatoms. The Kier molecular flexibility index (Phi) is 6.25. The summed E-state index contributed by atoms with van der Waals surface area (Å²) in [6.07, 6.45) is -1.33. The fourth-order valence-electron chi connectivity index (χ4n) is 0.952. The molecule has 0 aromatic carbocycles. The Labute approximate surface area is 88.5 Å². The molecule has 3 unspecified atom stereocenters. The molecule has 0 rings (SSSR count). The largest absolute Gasteiger partial charge is 0.395 e. The van der Waals surface area contributed by atoms with Crippen LogP contribution in [0, 0.1) is 0 Å². The minimum Gasteiger partial charge on any atom is -0.395 e. The molecule has 0 saturated carbocycles. The summed E-state index contributed by atoms with van der Waals surface area (Å²) >= 11 is 0. The van der Waals surface area contributed by atoms with Crippen LogP contribution in [0.2, 0.25) is 0 Å². The molecule has 0 bridgehead atoms. The first-order valence-electron chi connectivity index (χ1n) is 4.50. The van der Waals surface area contributed by atoms with Crippen LogP contribution in [0.4, 0.5) is 0 Å². The average molecular weight is 243 g/mol. The fourth-order valence-corrected chi connectivity index (χ4v) is 1.38. The highest BCUT2D eigenvalue weighted by Crippen LogP contribution is 2.04. The minimum atomic E-state index is -4.55. The highest BCUT2D eigenvalue weighted by Gasteiger charge is 2.24. The van der Waals surface area contributed by atoms with Crippen LogP contribution in [0.5, 0.6) is 0 Å². The topological polar surface area (TPSA) is 127 Å². The van der Waals surface area contributed by atoms with Crippen molar-refractivity contribution in [3.63, 3.8) is 0 Å². The maximum absolute atomic E-state index is 10.4. The smallest absolute Gasteiger partial charge is 0.292 e. The normalized spacial score (nSPS) is 18.5. The molecule has 0 fully saturated rings. The molecule has 0 spiro atoms. The molecule has 3 atom stereocenters. The molecule has 0 saturated heterocycles. The molecule has 0 aromatic rings. The molecule has 7 nitrogen and oxygen atoms in total. The van der Waals surface area contributed by atoms with Gasteiger partial charge in [-0.1, -0.05) is 6.92 Å². The molecule has 0 aliphatic heterocycles. The fraction of sp³-hybridized carbons (Fsp3) is 1.00. The Balaban J connectivity index is 4.09. The van der Waals surface area contributed by atoms with E-state index in [2.05, 4.69) is 5.32 Å². The van der Waals surface area contributed by atoms with E-state index in [1.165, 1.54) is 0 Å². The monoisotopic (exact) mass is 243 g/mol. The van der Waals surface area contributed by atoms with Gasteiger partial charge in [0.05, 0.1) is 6.61 Å². The average Bonchev–Trinajstić information content (AvgIpc) is 2.12. The Morgan fingerprint density at radius 2 is 1.87 bits per heavy atom. The van der Waals surface area contributed by atoms with Gasteiger partial charge in [-0.15, -0.1) is 0 Å². The molecule has 0 radical (unpaired) electrons. The van der Waals surface area contributed by atoms with E-state index in [-0.39, 0.29) is 12.6 Å². The highest BCUT2D eigenvalue weighted by atomic mass is 32.2. The second kappa shape index (κ2) is 6.36. The molecule has 0 aliphatic rings. The molecular weight excluding hydrogens is 226 g/mol. The van der Waals surface area contributed by atoms with Gasteiger partial charge in [-0.05, 0) is 6.42 Å².